The standard InChI is InChI=1S/C7H13NO/c1-4-8-6(2)5-7(3)9/h5,8H,4H2,1-3H3. The Labute approximate surface area is 56.0 Å². The lowest BCUT2D eigenvalue weighted by molar-refractivity contribution is -0.112. The lowest BCUT2D eigenvalue weighted by atomic mass is 10.3. The van der Waals surface area contributed by atoms with E-state index in [1.54, 1.807) is 13.0 Å². The van der Waals surface area contributed by atoms with Gasteiger partial charge in [-0.1, -0.05) is 0 Å². The van der Waals surface area contributed by atoms with Gasteiger partial charge in [-0.05, 0) is 26.8 Å². The molecule has 0 unspecified atom stereocenters. The molecule has 0 aliphatic rings. The fraction of sp³-hybridized carbons (Fsp3) is 0.571. The summed E-state index contributed by atoms with van der Waals surface area (Å²) in [7, 11) is 0. The van der Waals surface area contributed by atoms with Crippen molar-refractivity contribution in [2.75, 3.05) is 6.54 Å². The average molecular weight is 127 g/mol. The molecule has 0 fully saturated rings. The highest BCUT2D eigenvalue weighted by atomic mass is 16.1. The van der Waals surface area contributed by atoms with E-state index in [2.05, 4.69) is 5.32 Å². The van der Waals surface area contributed by atoms with Crippen LogP contribution in [-0.2, 0) is 4.79 Å². The molecule has 0 radical (unpaired) electrons. The van der Waals surface area contributed by atoms with Crippen LogP contribution < -0.4 is 5.32 Å². The Balaban J connectivity index is 3.69. The zero-order valence-corrected chi connectivity index (χ0v) is 6.19. The van der Waals surface area contributed by atoms with Gasteiger partial charge in [-0.3, -0.25) is 4.79 Å². The number of carbonyl (C=O) groups excluding carboxylic acids is 1. The van der Waals surface area contributed by atoms with Gasteiger partial charge in [-0.25, -0.2) is 0 Å². The summed E-state index contributed by atoms with van der Waals surface area (Å²) in [5.41, 5.74) is 0.935. The monoisotopic (exact) mass is 127 g/mol. The molecule has 0 rings (SSSR count). The van der Waals surface area contributed by atoms with Crippen LogP contribution in [0.2, 0.25) is 0 Å². The topological polar surface area (TPSA) is 29.1 Å². The maximum atomic E-state index is 10.4. The van der Waals surface area contributed by atoms with Crippen LogP contribution in [0.3, 0.4) is 0 Å². The third-order valence-electron chi connectivity index (χ3n) is 0.875. The molecule has 0 amide bonds. The molecule has 0 aliphatic carbocycles. The zero-order chi connectivity index (χ0) is 7.28. The summed E-state index contributed by atoms with van der Waals surface area (Å²) >= 11 is 0. The first-order valence-electron chi connectivity index (χ1n) is 3.09. The van der Waals surface area contributed by atoms with Gasteiger partial charge in [-0.2, -0.15) is 0 Å². The van der Waals surface area contributed by atoms with Gasteiger partial charge in [0.1, 0.15) is 0 Å². The first-order chi connectivity index (χ1) is 4.16. The molecule has 0 saturated heterocycles. The minimum atomic E-state index is 0.0912. The summed E-state index contributed by atoms with van der Waals surface area (Å²) in [6.07, 6.45) is 1.59. The van der Waals surface area contributed by atoms with Gasteiger partial charge in [0.05, 0.1) is 0 Å². The molecule has 2 nitrogen and oxygen atoms in total. The Morgan fingerprint density at radius 1 is 1.56 bits per heavy atom. The third-order valence-corrected chi connectivity index (χ3v) is 0.875. The van der Waals surface area contributed by atoms with Crippen LogP contribution in [0, 0.1) is 0 Å². The molecular weight excluding hydrogens is 114 g/mol. The molecule has 0 aromatic heterocycles. The highest BCUT2D eigenvalue weighted by molar-refractivity contribution is 5.87. The summed E-state index contributed by atoms with van der Waals surface area (Å²) in [5, 5.41) is 3.02. The van der Waals surface area contributed by atoms with E-state index in [0.29, 0.717) is 0 Å². The highest BCUT2D eigenvalue weighted by Gasteiger charge is 1.86. The summed E-state index contributed by atoms with van der Waals surface area (Å²) in [4.78, 5) is 10.4. The van der Waals surface area contributed by atoms with Gasteiger partial charge >= 0.3 is 0 Å². The first kappa shape index (κ1) is 8.21. The smallest absolute Gasteiger partial charge is 0.154 e. The first-order valence-corrected chi connectivity index (χ1v) is 3.09. The Kier molecular flexibility index (Phi) is 3.76. The lowest BCUT2D eigenvalue weighted by Crippen LogP contribution is -2.10. The van der Waals surface area contributed by atoms with Crippen LogP contribution in [-0.4, -0.2) is 12.3 Å². The second-order valence-corrected chi connectivity index (χ2v) is 1.97. The lowest BCUT2D eigenvalue weighted by Gasteiger charge is -1.99. The van der Waals surface area contributed by atoms with Crippen LogP contribution in [0.5, 0.6) is 0 Å². The molecule has 2 heteroatoms. The molecule has 0 aromatic carbocycles. The van der Waals surface area contributed by atoms with Crippen LogP contribution in [0.1, 0.15) is 20.8 Å². The predicted octanol–water partition coefficient (Wildman–Crippen LogP) is 1.09. The van der Waals surface area contributed by atoms with Crippen molar-refractivity contribution in [3.63, 3.8) is 0 Å². The Hall–Kier alpha value is -0.790. The van der Waals surface area contributed by atoms with E-state index < -0.39 is 0 Å². The molecule has 0 saturated carbocycles. The average Bonchev–Trinajstić information content (AvgIpc) is 1.63. The van der Waals surface area contributed by atoms with Crippen LogP contribution in [0.15, 0.2) is 11.8 Å². The van der Waals surface area contributed by atoms with Gasteiger partial charge in [0.2, 0.25) is 0 Å². The van der Waals surface area contributed by atoms with Crippen molar-refractivity contribution in [2.45, 2.75) is 20.8 Å². The SMILES string of the molecule is CCNC(C)=CC(C)=O. The van der Waals surface area contributed by atoms with Crippen molar-refractivity contribution in [2.24, 2.45) is 0 Å². The van der Waals surface area contributed by atoms with Crippen molar-refractivity contribution in [3.05, 3.63) is 11.8 Å². The molecule has 0 spiro atoms. The molecule has 9 heavy (non-hydrogen) atoms. The number of allylic oxidation sites excluding steroid dienone is 2. The summed E-state index contributed by atoms with van der Waals surface area (Å²) in [6.45, 7) is 6.29. The fourth-order valence-corrected chi connectivity index (χ4v) is 0.635. The van der Waals surface area contributed by atoms with E-state index >= 15 is 0 Å². The van der Waals surface area contributed by atoms with Crippen LogP contribution >= 0.6 is 0 Å². The molecule has 0 heterocycles. The predicted molar refractivity (Wildman–Crippen MR) is 38.1 cm³/mol. The van der Waals surface area contributed by atoms with E-state index in [1.807, 2.05) is 13.8 Å². The fourth-order valence-electron chi connectivity index (χ4n) is 0.635. The van der Waals surface area contributed by atoms with Gasteiger partial charge in [-0.15, -0.1) is 0 Å². The van der Waals surface area contributed by atoms with Crippen LogP contribution in [0.4, 0.5) is 0 Å². The van der Waals surface area contributed by atoms with E-state index in [4.69, 9.17) is 0 Å². The second-order valence-electron chi connectivity index (χ2n) is 1.97. The summed E-state index contributed by atoms with van der Waals surface area (Å²) in [6, 6.07) is 0. The van der Waals surface area contributed by atoms with Crippen LogP contribution in [0.25, 0.3) is 0 Å². The summed E-state index contributed by atoms with van der Waals surface area (Å²) in [5.74, 6) is 0.0912. The number of hydrogen-bond donors (Lipinski definition) is 1. The minimum Gasteiger partial charge on any atom is -0.389 e. The van der Waals surface area contributed by atoms with Gasteiger partial charge in [0.15, 0.2) is 5.78 Å². The van der Waals surface area contributed by atoms with E-state index in [1.165, 1.54) is 0 Å². The number of rotatable bonds is 3. The number of carbonyl (C=O) groups is 1. The molecule has 52 valence electrons. The van der Waals surface area contributed by atoms with Crippen molar-refractivity contribution in [3.8, 4) is 0 Å². The quantitative estimate of drug-likeness (QED) is 0.575. The molecular formula is C7H13NO. The van der Waals surface area contributed by atoms with Crippen molar-refractivity contribution >= 4 is 5.78 Å². The van der Waals surface area contributed by atoms with Gasteiger partial charge < -0.3 is 5.32 Å². The third kappa shape index (κ3) is 5.07. The molecule has 0 aliphatic heterocycles. The van der Waals surface area contributed by atoms with E-state index in [0.717, 1.165) is 12.2 Å². The normalized spacial score (nSPS) is 11.2. The second kappa shape index (κ2) is 4.13. The van der Waals surface area contributed by atoms with E-state index in [9.17, 15) is 4.79 Å². The maximum Gasteiger partial charge on any atom is 0.154 e. The minimum absolute atomic E-state index is 0.0912. The van der Waals surface area contributed by atoms with E-state index in [-0.39, 0.29) is 5.78 Å². The van der Waals surface area contributed by atoms with Gasteiger partial charge in [0.25, 0.3) is 0 Å². The number of ketones is 1. The Morgan fingerprint density at radius 3 is 2.44 bits per heavy atom. The zero-order valence-electron chi connectivity index (χ0n) is 6.19. The number of nitrogens with one attached hydrogen (secondary N) is 1. The molecule has 0 atom stereocenters. The largest absolute Gasteiger partial charge is 0.389 e. The van der Waals surface area contributed by atoms with Crippen molar-refractivity contribution < 1.29 is 4.79 Å². The van der Waals surface area contributed by atoms with Crippen molar-refractivity contribution in [1.82, 2.24) is 5.32 Å². The number of hydrogen-bond acceptors (Lipinski definition) is 2. The van der Waals surface area contributed by atoms with Gasteiger partial charge in [0, 0.05) is 12.2 Å². The Morgan fingerprint density at radius 2 is 2.11 bits per heavy atom. The van der Waals surface area contributed by atoms with Crippen molar-refractivity contribution in [1.29, 1.82) is 0 Å². The molecule has 0 bridgehead atoms. The molecule has 1 N–H and O–H groups in total. The Bertz CT molecular complexity index is 127. The molecule has 0 aromatic rings. The summed E-state index contributed by atoms with van der Waals surface area (Å²) < 4.78 is 0. The highest BCUT2D eigenvalue weighted by Crippen LogP contribution is 1.84. The maximum absolute atomic E-state index is 10.4.